The monoisotopic (exact) mass is 515 g/mol. The summed E-state index contributed by atoms with van der Waals surface area (Å²) in [6.45, 7) is 5.84. The number of hydrogen-bond acceptors (Lipinski definition) is 5. The highest BCUT2D eigenvalue weighted by Gasteiger charge is 2.19. The van der Waals surface area contributed by atoms with Gasteiger partial charge in [0.1, 0.15) is 16.5 Å². The van der Waals surface area contributed by atoms with E-state index in [-0.39, 0.29) is 11.5 Å². The quantitative estimate of drug-likeness (QED) is 0.240. The van der Waals surface area contributed by atoms with Gasteiger partial charge in [0.05, 0.1) is 30.5 Å². The lowest BCUT2D eigenvalue weighted by Crippen LogP contribution is -2.12. The van der Waals surface area contributed by atoms with Gasteiger partial charge in [-0.3, -0.25) is 14.2 Å². The van der Waals surface area contributed by atoms with Crippen molar-refractivity contribution in [3.8, 4) is 22.5 Å². The summed E-state index contributed by atoms with van der Waals surface area (Å²) in [5.74, 6) is 0.575. The van der Waals surface area contributed by atoms with Gasteiger partial charge in [-0.25, -0.2) is 4.98 Å². The number of hydrogen-bond donors (Lipinski definition) is 1. The molecule has 5 rings (SSSR count). The van der Waals surface area contributed by atoms with Crippen molar-refractivity contribution < 1.29 is 8.81 Å². The van der Waals surface area contributed by atoms with Crippen LogP contribution < -0.4 is 10.7 Å². The van der Waals surface area contributed by atoms with Crippen molar-refractivity contribution in [2.45, 2.75) is 26.8 Å². The molecule has 37 heavy (non-hydrogen) atoms. The molecule has 0 fully saturated rings. The molecular weight excluding hydrogens is 489 g/mol. The summed E-state index contributed by atoms with van der Waals surface area (Å²) < 4.78 is 16.0. The van der Waals surface area contributed by atoms with E-state index in [1.165, 1.54) is 0 Å². The van der Waals surface area contributed by atoms with Crippen molar-refractivity contribution >= 4 is 28.3 Å². The first-order valence-corrected chi connectivity index (χ1v) is 12.1. The van der Waals surface area contributed by atoms with Crippen molar-refractivity contribution in [2.75, 3.05) is 12.5 Å². The molecule has 0 bridgehead atoms. The number of aromatic nitrogens is 2. The van der Waals surface area contributed by atoms with Crippen molar-refractivity contribution in [2.24, 2.45) is 0 Å². The zero-order valence-electron chi connectivity index (χ0n) is 21.0. The van der Waals surface area contributed by atoms with Crippen LogP contribution in [0.3, 0.4) is 0 Å². The van der Waals surface area contributed by atoms with Crippen molar-refractivity contribution in [3.05, 3.63) is 111 Å². The average Bonchev–Trinajstić information content (AvgIpc) is 2.93. The zero-order chi connectivity index (χ0) is 26.5. The summed E-state index contributed by atoms with van der Waals surface area (Å²) >= 11 is 5.92. The first kappa shape index (κ1) is 26.0. The summed E-state index contributed by atoms with van der Waals surface area (Å²) in [6.07, 6.45) is 5.27. The van der Waals surface area contributed by atoms with Gasteiger partial charge in [0, 0.05) is 29.1 Å². The molecule has 0 saturated carbocycles. The minimum Gasteiger partial charge on any atom is -0.455 e. The first-order chi connectivity index (χ1) is 17.9. The number of alkyl halides is 1. The number of nitrogens with one attached hydrogen (secondary N) is 1. The van der Waals surface area contributed by atoms with Crippen LogP contribution in [0.2, 0.25) is 5.15 Å². The molecule has 0 aliphatic rings. The van der Waals surface area contributed by atoms with Crippen LogP contribution >= 0.6 is 11.6 Å². The topological polar surface area (TPSA) is 68.0 Å². The fourth-order valence-electron chi connectivity index (χ4n) is 4.30. The Hall–Kier alpha value is -4.03. The van der Waals surface area contributed by atoms with Crippen LogP contribution in [-0.4, -0.2) is 17.1 Å². The summed E-state index contributed by atoms with van der Waals surface area (Å²) in [7, 11) is 0.500. The molecule has 0 aliphatic carbocycles. The van der Waals surface area contributed by atoms with Gasteiger partial charge in [-0.1, -0.05) is 48.0 Å². The second kappa shape index (κ2) is 11.4. The molecule has 7 heteroatoms. The molecule has 5 aromatic rings. The molecule has 5 nitrogen and oxygen atoms in total. The van der Waals surface area contributed by atoms with E-state index >= 15 is 0 Å². The maximum Gasteiger partial charge on any atom is 0.196 e. The Morgan fingerprint density at radius 1 is 0.946 bits per heavy atom. The van der Waals surface area contributed by atoms with Gasteiger partial charge < -0.3 is 9.73 Å². The second-order valence-corrected chi connectivity index (χ2v) is 9.06. The zero-order valence-corrected chi connectivity index (χ0v) is 21.8. The van der Waals surface area contributed by atoms with Gasteiger partial charge in [-0.05, 0) is 61.7 Å². The maximum absolute atomic E-state index is 13.4. The van der Waals surface area contributed by atoms with E-state index in [1.54, 1.807) is 18.5 Å². The highest BCUT2D eigenvalue weighted by molar-refractivity contribution is 6.29. The van der Waals surface area contributed by atoms with Gasteiger partial charge in [0.15, 0.2) is 5.43 Å². The third-order valence-electron chi connectivity index (χ3n) is 6.11. The van der Waals surface area contributed by atoms with Crippen LogP contribution in [0, 0.1) is 13.8 Å². The Balaban J connectivity index is 0.00000156. The minimum absolute atomic E-state index is 0.0251. The second-order valence-electron chi connectivity index (χ2n) is 8.67. The lowest BCUT2D eigenvalue weighted by Gasteiger charge is -2.18. The molecule has 0 amide bonds. The Morgan fingerprint density at radius 2 is 1.68 bits per heavy atom. The standard InChI is InChI=1S/C29H24ClN3O2.CH3F/c1-17-13-24(19(3)33-23-10-11-26(30)32-16-23)29-25(14-17)27(34)18(2)28(35-29)21-8-6-20(7-9-21)22-5-4-12-31-15-22;1-2/h4-16,19,33H,1-3H3;1H3. The van der Waals surface area contributed by atoms with E-state index in [9.17, 15) is 9.18 Å². The fourth-order valence-corrected chi connectivity index (χ4v) is 4.41. The van der Waals surface area contributed by atoms with Gasteiger partial charge in [-0.2, -0.15) is 0 Å². The number of anilines is 1. The molecule has 1 N–H and O–H groups in total. The van der Waals surface area contributed by atoms with E-state index < -0.39 is 0 Å². The number of rotatable bonds is 5. The molecular formula is C30H27ClFN3O2. The highest BCUT2D eigenvalue weighted by atomic mass is 35.5. The number of halogens is 2. The van der Waals surface area contributed by atoms with Gasteiger partial charge in [0.2, 0.25) is 0 Å². The van der Waals surface area contributed by atoms with Gasteiger partial charge in [0.25, 0.3) is 0 Å². The van der Waals surface area contributed by atoms with Crippen LogP contribution in [0.5, 0.6) is 0 Å². The number of nitrogens with zero attached hydrogens (tertiary/aromatic N) is 2. The maximum atomic E-state index is 13.4. The molecule has 1 unspecified atom stereocenters. The van der Waals surface area contributed by atoms with Crippen LogP contribution in [0.15, 0.2) is 88.5 Å². The fraction of sp³-hybridized carbons (Fsp3) is 0.167. The van der Waals surface area contributed by atoms with Gasteiger partial charge >= 0.3 is 0 Å². The smallest absolute Gasteiger partial charge is 0.196 e. The first-order valence-electron chi connectivity index (χ1n) is 11.8. The summed E-state index contributed by atoms with van der Waals surface area (Å²) in [6, 6.07) is 19.3. The number of pyridine rings is 2. The molecule has 188 valence electrons. The van der Waals surface area contributed by atoms with E-state index in [1.807, 2.05) is 75.5 Å². The number of fused-ring (bicyclic) bond motifs is 1. The third-order valence-corrected chi connectivity index (χ3v) is 6.33. The molecule has 0 aliphatic heterocycles. The lowest BCUT2D eigenvalue weighted by atomic mass is 9.98. The molecule has 2 aromatic carbocycles. The SMILES string of the molecule is CF.Cc1cc(C(C)Nc2ccc(Cl)nc2)c2oc(-c3ccc(-c4cccnc4)cc3)c(C)c(=O)c2c1. The Bertz CT molecular complexity index is 1570. The predicted octanol–water partition coefficient (Wildman–Crippen LogP) is 7.95. The number of benzene rings is 2. The largest absolute Gasteiger partial charge is 0.455 e. The van der Waals surface area contributed by atoms with E-state index in [0.717, 1.165) is 33.5 Å². The highest BCUT2D eigenvalue weighted by Crippen LogP contribution is 2.33. The molecule has 0 saturated heterocycles. The summed E-state index contributed by atoms with van der Waals surface area (Å²) in [5.41, 5.74) is 6.81. The third kappa shape index (κ3) is 5.54. The Kier molecular flexibility index (Phi) is 7.99. The molecule has 0 radical (unpaired) electrons. The van der Waals surface area contributed by atoms with E-state index in [4.69, 9.17) is 16.0 Å². The normalized spacial score (nSPS) is 11.5. The van der Waals surface area contributed by atoms with Gasteiger partial charge in [-0.15, -0.1) is 0 Å². The average molecular weight is 516 g/mol. The van der Waals surface area contributed by atoms with Crippen molar-refractivity contribution in [1.82, 2.24) is 9.97 Å². The molecule has 3 heterocycles. The molecule has 0 spiro atoms. The Labute approximate surface area is 220 Å². The van der Waals surface area contributed by atoms with Crippen molar-refractivity contribution in [3.63, 3.8) is 0 Å². The summed E-state index contributed by atoms with van der Waals surface area (Å²) in [5, 5.41) is 4.45. The Morgan fingerprint density at radius 3 is 2.32 bits per heavy atom. The predicted molar refractivity (Wildman–Crippen MR) is 149 cm³/mol. The van der Waals surface area contributed by atoms with Crippen LogP contribution in [0.25, 0.3) is 33.4 Å². The minimum atomic E-state index is -0.132. The van der Waals surface area contributed by atoms with Crippen LogP contribution in [-0.2, 0) is 0 Å². The lowest BCUT2D eigenvalue weighted by molar-refractivity contribution is 0.605. The van der Waals surface area contributed by atoms with Crippen molar-refractivity contribution in [1.29, 1.82) is 0 Å². The van der Waals surface area contributed by atoms with E-state index in [2.05, 4.69) is 21.4 Å². The van der Waals surface area contributed by atoms with Crippen LogP contribution in [0.4, 0.5) is 10.1 Å². The van der Waals surface area contributed by atoms with E-state index in [0.29, 0.717) is 34.6 Å². The molecule has 3 aromatic heterocycles. The number of aryl methyl sites for hydroxylation is 1. The van der Waals surface area contributed by atoms with Crippen LogP contribution in [0.1, 0.15) is 29.7 Å². The summed E-state index contributed by atoms with van der Waals surface area (Å²) in [4.78, 5) is 21.8. The molecule has 1 atom stereocenters.